The molecule has 0 unspecified atom stereocenters. The topological polar surface area (TPSA) is 53.6 Å². The third kappa shape index (κ3) is 8.69. The molecule has 18 heavy (non-hydrogen) atoms. The van der Waals surface area contributed by atoms with Crippen LogP contribution in [0.4, 0.5) is 0 Å². The second-order valence-corrected chi connectivity index (χ2v) is 4.35. The molecular formula is C12H26ClN3O2. The van der Waals surface area contributed by atoms with Gasteiger partial charge in [0, 0.05) is 45.9 Å². The maximum absolute atomic E-state index is 11.4. The van der Waals surface area contributed by atoms with Crippen LogP contribution in [0.5, 0.6) is 0 Å². The maximum atomic E-state index is 11.4. The van der Waals surface area contributed by atoms with Crippen LogP contribution in [0, 0.1) is 0 Å². The quantitative estimate of drug-likeness (QED) is 0.626. The summed E-state index contributed by atoms with van der Waals surface area (Å²) in [6, 6.07) is 0. The van der Waals surface area contributed by atoms with Crippen LogP contribution in [0.15, 0.2) is 0 Å². The molecule has 0 aromatic carbocycles. The van der Waals surface area contributed by atoms with Gasteiger partial charge in [0.15, 0.2) is 0 Å². The third-order valence-electron chi connectivity index (χ3n) is 2.84. The average Bonchev–Trinajstić information content (AvgIpc) is 2.36. The van der Waals surface area contributed by atoms with Gasteiger partial charge in [-0.2, -0.15) is 0 Å². The highest BCUT2D eigenvalue weighted by Gasteiger charge is 2.09. The lowest BCUT2D eigenvalue weighted by Crippen LogP contribution is -2.46. The molecule has 0 spiro atoms. The average molecular weight is 280 g/mol. The largest absolute Gasteiger partial charge is 0.372 e. The van der Waals surface area contributed by atoms with Crippen LogP contribution >= 0.6 is 12.4 Å². The first-order valence-electron chi connectivity index (χ1n) is 6.60. The fourth-order valence-corrected chi connectivity index (χ4v) is 1.75. The van der Waals surface area contributed by atoms with Gasteiger partial charge in [-0.25, -0.2) is 0 Å². The van der Waals surface area contributed by atoms with E-state index in [0.717, 1.165) is 52.1 Å². The summed E-state index contributed by atoms with van der Waals surface area (Å²) in [4.78, 5) is 13.7. The Bertz CT molecular complexity index is 211. The number of ether oxygens (including phenoxy) is 1. The van der Waals surface area contributed by atoms with E-state index >= 15 is 0 Å². The standard InChI is InChI=1S/C12H25N3O2.ClH/c1-2-3-10-17-11-12(16)14-6-9-15-7-4-13-5-8-15;/h13H,2-11H2,1H3,(H,14,16);1H. The van der Waals surface area contributed by atoms with E-state index < -0.39 is 0 Å². The smallest absolute Gasteiger partial charge is 0.246 e. The zero-order valence-electron chi connectivity index (χ0n) is 11.2. The molecule has 1 saturated heterocycles. The zero-order valence-corrected chi connectivity index (χ0v) is 12.1. The predicted octanol–water partition coefficient (Wildman–Crippen LogP) is 0.246. The Balaban J connectivity index is 0.00000289. The van der Waals surface area contributed by atoms with Crippen LogP contribution in [0.3, 0.4) is 0 Å². The molecule has 2 N–H and O–H groups in total. The Morgan fingerprint density at radius 1 is 1.39 bits per heavy atom. The maximum Gasteiger partial charge on any atom is 0.246 e. The molecule has 0 aromatic heterocycles. The molecule has 1 rings (SSSR count). The summed E-state index contributed by atoms with van der Waals surface area (Å²) in [5.74, 6) is -0.00348. The molecule has 1 heterocycles. The lowest BCUT2D eigenvalue weighted by molar-refractivity contribution is -0.125. The lowest BCUT2D eigenvalue weighted by atomic mass is 10.3. The SMILES string of the molecule is CCCCOCC(=O)NCCN1CCNCC1.Cl. The molecule has 1 aliphatic rings. The Morgan fingerprint density at radius 3 is 2.78 bits per heavy atom. The molecule has 1 fully saturated rings. The Labute approximate surface area is 116 Å². The number of amides is 1. The van der Waals surface area contributed by atoms with Crippen molar-refractivity contribution in [1.82, 2.24) is 15.5 Å². The normalized spacial score (nSPS) is 16.1. The van der Waals surface area contributed by atoms with Crippen molar-refractivity contribution in [3.8, 4) is 0 Å². The summed E-state index contributed by atoms with van der Waals surface area (Å²) < 4.78 is 5.24. The first-order chi connectivity index (χ1) is 8.33. The minimum Gasteiger partial charge on any atom is -0.372 e. The first kappa shape index (κ1) is 17.6. The summed E-state index contributed by atoms with van der Waals surface area (Å²) in [6.45, 7) is 8.88. The minimum atomic E-state index is -0.00348. The van der Waals surface area contributed by atoms with Crippen molar-refractivity contribution in [2.45, 2.75) is 19.8 Å². The molecule has 0 atom stereocenters. The molecule has 108 valence electrons. The Kier molecular flexibility index (Phi) is 11.5. The summed E-state index contributed by atoms with van der Waals surface area (Å²) in [6.07, 6.45) is 2.12. The third-order valence-corrected chi connectivity index (χ3v) is 2.84. The van der Waals surface area contributed by atoms with Gasteiger partial charge in [0.25, 0.3) is 0 Å². The van der Waals surface area contributed by atoms with Gasteiger partial charge in [0.1, 0.15) is 6.61 Å². The van der Waals surface area contributed by atoms with Crippen molar-refractivity contribution < 1.29 is 9.53 Å². The van der Waals surface area contributed by atoms with E-state index in [9.17, 15) is 4.79 Å². The monoisotopic (exact) mass is 279 g/mol. The number of hydrogen-bond acceptors (Lipinski definition) is 4. The molecule has 1 aliphatic heterocycles. The van der Waals surface area contributed by atoms with E-state index in [1.165, 1.54) is 0 Å². The summed E-state index contributed by atoms with van der Waals surface area (Å²) in [7, 11) is 0. The fraction of sp³-hybridized carbons (Fsp3) is 0.917. The van der Waals surface area contributed by atoms with Gasteiger partial charge in [-0.05, 0) is 6.42 Å². The van der Waals surface area contributed by atoms with Crippen LogP contribution < -0.4 is 10.6 Å². The van der Waals surface area contributed by atoms with Crippen molar-refractivity contribution >= 4 is 18.3 Å². The number of carbonyl (C=O) groups is 1. The molecule has 5 nitrogen and oxygen atoms in total. The summed E-state index contributed by atoms with van der Waals surface area (Å²) >= 11 is 0. The molecule has 0 bridgehead atoms. The highest BCUT2D eigenvalue weighted by Crippen LogP contribution is 1.90. The van der Waals surface area contributed by atoms with Gasteiger partial charge in [-0.3, -0.25) is 9.69 Å². The Morgan fingerprint density at radius 2 is 2.11 bits per heavy atom. The van der Waals surface area contributed by atoms with Gasteiger partial charge in [0.05, 0.1) is 0 Å². The molecule has 0 radical (unpaired) electrons. The number of nitrogens with zero attached hydrogens (tertiary/aromatic N) is 1. The Hall–Kier alpha value is -0.360. The molecule has 1 amide bonds. The predicted molar refractivity (Wildman–Crippen MR) is 75.3 cm³/mol. The van der Waals surface area contributed by atoms with Crippen LogP contribution in [0.2, 0.25) is 0 Å². The van der Waals surface area contributed by atoms with E-state index in [1.807, 2.05) is 0 Å². The molecular weight excluding hydrogens is 254 g/mol. The number of piperazine rings is 1. The van der Waals surface area contributed by atoms with E-state index in [-0.39, 0.29) is 24.9 Å². The number of unbranched alkanes of at least 4 members (excludes halogenated alkanes) is 1. The summed E-state index contributed by atoms with van der Waals surface area (Å²) in [5, 5.41) is 6.19. The highest BCUT2D eigenvalue weighted by atomic mass is 35.5. The number of rotatable bonds is 8. The van der Waals surface area contributed by atoms with Crippen molar-refractivity contribution in [2.24, 2.45) is 0 Å². The van der Waals surface area contributed by atoms with Crippen LogP contribution in [0.25, 0.3) is 0 Å². The number of hydrogen-bond donors (Lipinski definition) is 2. The first-order valence-corrected chi connectivity index (χ1v) is 6.60. The van der Waals surface area contributed by atoms with Crippen molar-refractivity contribution in [3.05, 3.63) is 0 Å². The number of halogens is 1. The van der Waals surface area contributed by atoms with Crippen molar-refractivity contribution in [2.75, 3.05) is 52.5 Å². The second-order valence-electron chi connectivity index (χ2n) is 4.35. The minimum absolute atomic E-state index is 0. The van der Waals surface area contributed by atoms with Gasteiger partial charge in [-0.1, -0.05) is 13.3 Å². The fourth-order valence-electron chi connectivity index (χ4n) is 1.75. The highest BCUT2D eigenvalue weighted by molar-refractivity contribution is 5.85. The van der Waals surface area contributed by atoms with Crippen molar-refractivity contribution in [3.63, 3.8) is 0 Å². The van der Waals surface area contributed by atoms with Gasteiger partial charge < -0.3 is 15.4 Å². The van der Waals surface area contributed by atoms with Crippen LogP contribution in [0.1, 0.15) is 19.8 Å². The molecule has 0 aromatic rings. The van der Waals surface area contributed by atoms with Gasteiger partial charge in [-0.15, -0.1) is 12.4 Å². The van der Waals surface area contributed by atoms with Gasteiger partial charge in [0.2, 0.25) is 5.91 Å². The summed E-state index contributed by atoms with van der Waals surface area (Å²) in [5.41, 5.74) is 0. The molecule has 6 heteroatoms. The van der Waals surface area contributed by atoms with Crippen molar-refractivity contribution in [1.29, 1.82) is 0 Å². The lowest BCUT2D eigenvalue weighted by Gasteiger charge is -2.27. The number of nitrogens with one attached hydrogen (secondary N) is 2. The van der Waals surface area contributed by atoms with Crippen LogP contribution in [-0.2, 0) is 9.53 Å². The van der Waals surface area contributed by atoms with E-state index in [0.29, 0.717) is 6.61 Å². The zero-order chi connectivity index (χ0) is 12.3. The second kappa shape index (κ2) is 11.7. The van der Waals surface area contributed by atoms with E-state index in [1.54, 1.807) is 0 Å². The van der Waals surface area contributed by atoms with E-state index in [4.69, 9.17) is 4.74 Å². The molecule has 0 saturated carbocycles. The molecule has 0 aliphatic carbocycles. The van der Waals surface area contributed by atoms with Crippen LogP contribution in [-0.4, -0.2) is 63.3 Å². The van der Waals surface area contributed by atoms with Gasteiger partial charge >= 0.3 is 0 Å². The number of carbonyl (C=O) groups excluding carboxylic acids is 1. The van der Waals surface area contributed by atoms with E-state index in [2.05, 4.69) is 22.5 Å².